The van der Waals surface area contributed by atoms with E-state index in [1.54, 1.807) is 13.2 Å². The molecule has 0 bridgehead atoms. The molecule has 4 nitrogen and oxygen atoms in total. The highest BCUT2D eigenvalue weighted by atomic mass is 127. The van der Waals surface area contributed by atoms with Crippen molar-refractivity contribution in [3.63, 3.8) is 0 Å². The van der Waals surface area contributed by atoms with E-state index in [4.69, 9.17) is 17.0 Å². The van der Waals surface area contributed by atoms with Crippen molar-refractivity contribution in [2.24, 2.45) is 0 Å². The van der Waals surface area contributed by atoms with Gasteiger partial charge in [0, 0.05) is 12.8 Å². The fraction of sp³-hybridized carbons (Fsp3) is 0.0667. The van der Waals surface area contributed by atoms with Gasteiger partial charge in [-0.2, -0.15) is 0 Å². The molecule has 2 rings (SSSR count). The van der Waals surface area contributed by atoms with Gasteiger partial charge in [-0.3, -0.25) is 10.1 Å². The molecule has 0 saturated carbocycles. The maximum Gasteiger partial charge on any atom is 0.258 e. The van der Waals surface area contributed by atoms with E-state index in [2.05, 4.69) is 71.7 Å². The summed E-state index contributed by atoms with van der Waals surface area (Å²) < 4.78 is 7.83. The van der Waals surface area contributed by atoms with Crippen molar-refractivity contribution in [1.29, 1.82) is 0 Å². The Labute approximate surface area is 175 Å². The van der Waals surface area contributed by atoms with Crippen molar-refractivity contribution in [1.82, 2.24) is 5.32 Å². The van der Waals surface area contributed by atoms with Gasteiger partial charge in [-0.15, -0.1) is 0 Å². The Morgan fingerprint density at radius 2 is 1.96 bits per heavy atom. The first-order valence-electron chi connectivity index (χ1n) is 6.31. The normalized spacial score (nSPS) is 10.1. The van der Waals surface area contributed by atoms with Crippen molar-refractivity contribution in [2.45, 2.75) is 0 Å². The number of thiocarbonyl (C=S) groups is 1. The summed E-state index contributed by atoms with van der Waals surface area (Å²) in [5, 5.41) is 5.90. The van der Waals surface area contributed by atoms with Crippen LogP contribution in [0.15, 0.2) is 40.9 Å². The number of benzene rings is 2. The lowest BCUT2D eigenvalue weighted by atomic mass is 10.2. The van der Waals surface area contributed by atoms with Gasteiger partial charge in [0.2, 0.25) is 0 Å². The maximum absolute atomic E-state index is 12.3. The zero-order valence-electron chi connectivity index (χ0n) is 11.8. The molecular weight excluding hydrogens is 606 g/mol. The van der Waals surface area contributed by atoms with Gasteiger partial charge in [-0.1, -0.05) is 0 Å². The van der Waals surface area contributed by atoms with Crippen LogP contribution in [0.1, 0.15) is 10.4 Å². The van der Waals surface area contributed by atoms with Crippen LogP contribution in [-0.4, -0.2) is 18.1 Å². The van der Waals surface area contributed by atoms with Crippen molar-refractivity contribution in [3.05, 3.63) is 53.6 Å². The van der Waals surface area contributed by atoms with E-state index in [0.29, 0.717) is 5.56 Å². The number of ether oxygens (including phenoxy) is 1. The van der Waals surface area contributed by atoms with Gasteiger partial charge >= 0.3 is 0 Å². The minimum atomic E-state index is -0.238. The van der Waals surface area contributed by atoms with Gasteiger partial charge in [0.05, 0.1) is 17.1 Å². The quantitative estimate of drug-likeness (QED) is 0.385. The molecule has 0 unspecified atom stereocenters. The van der Waals surface area contributed by atoms with Gasteiger partial charge in [0.1, 0.15) is 5.75 Å². The third kappa shape index (κ3) is 5.26. The molecule has 0 radical (unpaired) electrons. The second kappa shape index (κ2) is 8.58. The third-order valence-corrected chi connectivity index (χ3v) is 5.25. The zero-order chi connectivity index (χ0) is 17.0. The van der Waals surface area contributed by atoms with Gasteiger partial charge in [-0.25, -0.2) is 0 Å². The molecule has 0 heterocycles. The fourth-order valence-corrected chi connectivity index (χ4v) is 3.57. The highest BCUT2D eigenvalue weighted by molar-refractivity contribution is 14.1. The van der Waals surface area contributed by atoms with Crippen molar-refractivity contribution >= 4 is 90.0 Å². The molecule has 23 heavy (non-hydrogen) atoms. The van der Waals surface area contributed by atoms with Crippen LogP contribution in [0.3, 0.4) is 0 Å². The van der Waals surface area contributed by atoms with Crippen LogP contribution in [0.4, 0.5) is 5.69 Å². The van der Waals surface area contributed by atoms with Crippen molar-refractivity contribution < 1.29 is 9.53 Å². The number of carbonyl (C=O) groups excluding carboxylic acids is 1. The molecule has 2 N–H and O–H groups in total. The number of hydrogen-bond donors (Lipinski definition) is 2. The lowest BCUT2D eigenvalue weighted by Crippen LogP contribution is -2.34. The van der Waals surface area contributed by atoms with E-state index in [1.807, 2.05) is 30.3 Å². The molecule has 2 aromatic rings. The maximum atomic E-state index is 12.3. The number of methoxy groups -OCH3 is 1. The van der Waals surface area contributed by atoms with Crippen LogP contribution in [0, 0.1) is 7.14 Å². The first kappa shape index (κ1) is 18.9. The molecule has 0 saturated heterocycles. The SMILES string of the molecule is COc1ccc(NC(=S)NC(=O)c2cc(I)ccc2I)cc1Br. The second-order valence-electron chi connectivity index (χ2n) is 4.38. The average Bonchev–Trinajstić information content (AvgIpc) is 2.49. The predicted molar refractivity (Wildman–Crippen MR) is 116 cm³/mol. The molecule has 1 amide bonds. The predicted octanol–water partition coefficient (Wildman–Crippen LogP) is 4.79. The lowest BCUT2D eigenvalue weighted by Gasteiger charge is -2.12. The summed E-state index contributed by atoms with van der Waals surface area (Å²) in [4.78, 5) is 12.3. The second-order valence-corrected chi connectivity index (χ2v) is 8.05. The summed E-state index contributed by atoms with van der Waals surface area (Å²) in [6.07, 6.45) is 0. The molecule has 0 aliphatic heterocycles. The van der Waals surface area contributed by atoms with E-state index in [1.165, 1.54) is 0 Å². The van der Waals surface area contributed by atoms with Gasteiger partial charge < -0.3 is 10.1 Å². The minimum absolute atomic E-state index is 0.238. The largest absolute Gasteiger partial charge is 0.496 e. The summed E-state index contributed by atoms with van der Waals surface area (Å²) in [6, 6.07) is 11.1. The third-order valence-electron chi connectivity index (χ3n) is 2.81. The van der Waals surface area contributed by atoms with E-state index < -0.39 is 0 Å². The molecule has 0 aromatic heterocycles. The van der Waals surface area contributed by atoms with Crippen LogP contribution >= 0.6 is 73.3 Å². The number of nitrogens with one attached hydrogen (secondary N) is 2. The number of carbonyl (C=O) groups is 1. The number of anilines is 1. The molecule has 0 spiro atoms. The molecule has 2 aromatic carbocycles. The van der Waals surface area contributed by atoms with E-state index >= 15 is 0 Å². The Kier molecular flexibility index (Phi) is 7.04. The number of rotatable bonds is 3. The van der Waals surface area contributed by atoms with Gasteiger partial charge in [-0.05, 0) is 110 Å². The summed E-state index contributed by atoms with van der Waals surface area (Å²) in [6.45, 7) is 0. The van der Waals surface area contributed by atoms with Crippen LogP contribution in [0.5, 0.6) is 5.75 Å². The van der Waals surface area contributed by atoms with Crippen LogP contribution < -0.4 is 15.4 Å². The number of halogens is 3. The molecule has 120 valence electrons. The summed E-state index contributed by atoms with van der Waals surface area (Å²) >= 11 is 12.9. The number of hydrogen-bond acceptors (Lipinski definition) is 3. The Balaban J connectivity index is 2.06. The molecule has 0 fully saturated rings. The van der Waals surface area contributed by atoms with Gasteiger partial charge in [0.15, 0.2) is 5.11 Å². The lowest BCUT2D eigenvalue weighted by molar-refractivity contribution is 0.0977. The fourth-order valence-electron chi connectivity index (χ4n) is 1.75. The molecule has 0 aliphatic carbocycles. The minimum Gasteiger partial charge on any atom is -0.496 e. The smallest absolute Gasteiger partial charge is 0.258 e. The zero-order valence-corrected chi connectivity index (χ0v) is 18.5. The molecule has 8 heteroatoms. The van der Waals surface area contributed by atoms with Crippen LogP contribution in [0.25, 0.3) is 0 Å². The first-order valence-corrected chi connectivity index (χ1v) is 9.67. The van der Waals surface area contributed by atoms with E-state index in [9.17, 15) is 4.79 Å². The van der Waals surface area contributed by atoms with E-state index in [0.717, 1.165) is 23.0 Å². The Morgan fingerprint density at radius 1 is 1.22 bits per heavy atom. The van der Waals surface area contributed by atoms with Gasteiger partial charge in [0.25, 0.3) is 5.91 Å². The van der Waals surface area contributed by atoms with Crippen LogP contribution in [0.2, 0.25) is 0 Å². The molecule has 0 atom stereocenters. The van der Waals surface area contributed by atoms with Crippen molar-refractivity contribution in [3.8, 4) is 5.75 Å². The topological polar surface area (TPSA) is 50.4 Å². The highest BCUT2D eigenvalue weighted by Crippen LogP contribution is 2.27. The van der Waals surface area contributed by atoms with Crippen molar-refractivity contribution in [2.75, 3.05) is 12.4 Å². The standard InChI is InChI=1S/C15H11BrI2N2O2S/c1-22-13-5-3-9(7-11(13)16)19-15(23)20-14(21)10-6-8(17)2-4-12(10)18/h2-7H,1H3,(H2,19,20,21,23). The average molecular weight is 617 g/mol. The Hall–Kier alpha value is -0.460. The van der Waals surface area contributed by atoms with E-state index in [-0.39, 0.29) is 11.0 Å². The Bertz CT molecular complexity index is 771. The number of amides is 1. The Morgan fingerprint density at radius 3 is 2.61 bits per heavy atom. The first-order chi connectivity index (χ1) is 10.9. The van der Waals surface area contributed by atoms with Crippen LogP contribution in [-0.2, 0) is 0 Å². The summed E-state index contributed by atoms with van der Waals surface area (Å²) in [7, 11) is 1.60. The summed E-state index contributed by atoms with van der Waals surface area (Å²) in [5.41, 5.74) is 1.35. The molecule has 0 aliphatic rings. The molecular formula is C15H11BrI2N2O2S. The highest BCUT2D eigenvalue weighted by Gasteiger charge is 2.12. The monoisotopic (exact) mass is 616 g/mol. The summed E-state index contributed by atoms with van der Waals surface area (Å²) in [5.74, 6) is 0.483.